The number of aromatic nitrogens is 3. The standard InChI is InChI=1S/C15H18N4O2S/c1-11-16-17-15-9-12-7-8-13(10-18(11)15)19(12)22(20,21)14-5-3-2-4-6-14/h2-6,12-13H,7-10H2,1H3/t12-,13+/m0/s1. The molecule has 2 aromatic rings. The average molecular weight is 318 g/mol. The Kier molecular flexibility index (Phi) is 3.09. The molecule has 3 heterocycles. The number of sulfonamides is 1. The van der Waals surface area contributed by atoms with E-state index in [2.05, 4.69) is 14.8 Å². The van der Waals surface area contributed by atoms with Gasteiger partial charge in [-0.15, -0.1) is 10.2 Å². The molecule has 2 aliphatic heterocycles. The van der Waals surface area contributed by atoms with Gasteiger partial charge in [-0.25, -0.2) is 8.42 Å². The van der Waals surface area contributed by atoms with Crippen LogP contribution in [-0.4, -0.2) is 39.6 Å². The summed E-state index contributed by atoms with van der Waals surface area (Å²) in [6.07, 6.45) is 2.43. The van der Waals surface area contributed by atoms with E-state index in [1.807, 2.05) is 13.0 Å². The summed E-state index contributed by atoms with van der Waals surface area (Å²) in [5.41, 5.74) is 0. The second-order valence-corrected chi connectivity index (χ2v) is 7.85. The number of aryl methyl sites for hydroxylation is 1. The molecule has 0 aliphatic carbocycles. The summed E-state index contributed by atoms with van der Waals surface area (Å²) in [6, 6.07) is 8.69. The van der Waals surface area contributed by atoms with E-state index in [1.54, 1.807) is 28.6 Å². The summed E-state index contributed by atoms with van der Waals surface area (Å²) < 4.78 is 29.9. The lowest BCUT2D eigenvalue weighted by Crippen LogP contribution is -2.42. The Bertz CT molecular complexity index is 800. The van der Waals surface area contributed by atoms with Crippen LogP contribution in [0.4, 0.5) is 0 Å². The van der Waals surface area contributed by atoms with Crippen molar-refractivity contribution in [2.75, 3.05) is 0 Å². The zero-order valence-electron chi connectivity index (χ0n) is 12.4. The molecule has 1 aromatic heterocycles. The Labute approximate surface area is 129 Å². The molecule has 0 radical (unpaired) electrons. The fourth-order valence-corrected chi connectivity index (χ4v) is 5.52. The van der Waals surface area contributed by atoms with Crippen LogP contribution in [0, 0.1) is 6.92 Å². The third-order valence-electron chi connectivity index (χ3n) is 4.70. The maximum Gasteiger partial charge on any atom is 0.243 e. The van der Waals surface area contributed by atoms with E-state index < -0.39 is 10.0 Å². The maximum atomic E-state index is 13.0. The minimum absolute atomic E-state index is 0.00819. The van der Waals surface area contributed by atoms with Crippen molar-refractivity contribution in [3.63, 3.8) is 0 Å². The van der Waals surface area contributed by atoms with Crippen molar-refractivity contribution in [2.45, 2.75) is 49.7 Å². The highest BCUT2D eigenvalue weighted by Crippen LogP contribution is 2.35. The van der Waals surface area contributed by atoms with Gasteiger partial charge >= 0.3 is 0 Å². The fraction of sp³-hybridized carbons (Fsp3) is 0.467. The third kappa shape index (κ3) is 1.99. The molecule has 1 fully saturated rings. The highest BCUT2D eigenvalue weighted by Gasteiger charge is 2.45. The molecule has 0 N–H and O–H groups in total. The first-order chi connectivity index (χ1) is 10.6. The monoisotopic (exact) mass is 318 g/mol. The van der Waals surface area contributed by atoms with E-state index in [1.165, 1.54) is 0 Å². The second kappa shape index (κ2) is 4.89. The molecule has 22 heavy (non-hydrogen) atoms. The number of fused-ring (bicyclic) bond motifs is 3. The fourth-order valence-electron chi connectivity index (χ4n) is 3.64. The molecule has 6 nitrogen and oxygen atoms in total. The molecule has 4 rings (SSSR count). The maximum absolute atomic E-state index is 13.0. The molecule has 1 aromatic carbocycles. The lowest BCUT2D eigenvalue weighted by Gasteiger charge is -2.27. The lowest BCUT2D eigenvalue weighted by molar-refractivity contribution is 0.314. The van der Waals surface area contributed by atoms with Crippen LogP contribution in [0.25, 0.3) is 0 Å². The van der Waals surface area contributed by atoms with Gasteiger partial charge in [-0.1, -0.05) is 18.2 Å². The Morgan fingerprint density at radius 3 is 2.59 bits per heavy atom. The van der Waals surface area contributed by atoms with Crippen LogP contribution in [0.2, 0.25) is 0 Å². The van der Waals surface area contributed by atoms with Gasteiger partial charge in [0.25, 0.3) is 0 Å². The smallest absolute Gasteiger partial charge is 0.243 e. The Morgan fingerprint density at radius 1 is 1.09 bits per heavy atom. The number of hydrogen-bond donors (Lipinski definition) is 0. The molecule has 0 amide bonds. The quantitative estimate of drug-likeness (QED) is 0.838. The zero-order valence-corrected chi connectivity index (χ0v) is 13.2. The van der Waals surface area contributed by atoms with Gasteiger partial charge in [0.2, 0.25) is 10.0 Å². The zero-order chi connectivity index (χ0) is 15.3. The third-order valence-corrected chi connectivity index (χ3v) is 6.71. The Hall–Kier alpha value is -1.73. The van der Waals surface area contributed by atoms with Gasteiger partial charge < -0.3 is 4.57 Å². The summed E-state index contributed by atoms with van der Waals surface area (Å²) >= 11 is 0. The van der Waals surface area contributed by atoms with Crippen LogP contribution in [0.1, 0.15) is 24.5 Å². The minimum Gasteiger partial charge on any atom is -0.314 e. The van der Waals surface area contributed by atoms with Gasteiger partial charge in [0.1, 0.15) is 11.6 Å². The van der Waals surface area contributed by atoms with Crippen LogP contribution in [-0.2, 0) is 23.0 Å². The van der Waals surface area contributed by atoms with Gasteiger partial charge in [-0.05, 0) is 31.9 Å². The van der Waals surface area contributed by atoms with E-state index in [9.17, 15) is 8.42 Å². The van der Waals surface area contributed by atoms with Crippen LogP contribution in [0.3, 0.4) is 0 Å². The SMILES string of the molecule is Cc1nnc2n1C[C@H]1CC[C@@H](C2)N1S(=O)(=O)c1ccccc1. The molecular formula is C15H18N4O2S. The molecule has 7 heteroatoms. The van der Waals surface area contributed by atoms with E-state index in [0.717, 1.165) is 24.5 Å². The van der Waals surface area contributed by atoms with E-state index in [-0.39, 0.29) is 12.1 Å². The topological polar surface area (TPSA) is 68.1 Å². The largest absolute Gasteiger partial charge is 0.314 e. The van der Waals surface area contributed by atoms with Gasteiger partial charge in [0.15, 0.2) is 0 Å². The van der Waals surface area contributed by atoms with Crippen LogP contribution in [0.15, 0.2) is 35.2 Å². The molecule has 116 valence electrons. The average Bonchev–Trinajstić information content (AvgIpc) is 3.00. The molecule has 2 bridgehead atoms. The highest BCUT2D eigenvalue weighted by molar-refractivity contribution is 7.89. The van der Waals surface area contributed by atoms with Crippen molar-refractivity contribution < 1.29 is 8.42 Å². The normalized spacial score (nSPS) is 25.0. The van der Waals surface area contributed by atoms with Crippen molar-refractivity contribution in [2.24, 2.45) is 0 Å². The Morgan fingerprint density at radius 2 is 1.82 bits per heavy atom. The van der Waals surface area contributed by atoms with E-state index in [4.69, 9.17) is 0 Å². The molecule has 2 atom stereocenters. The molecule has 1 saturated heterocycles. The predicted molar refractivity (Wildman–Crippen MR) is 80.7 cm³/mol. The molecular weight excluding hydrogens is 300 g/mol. The van der Waals surface area contributed by atoms with Gasteiger partial charge in [-0.2, -0.15) is 4.31 Å². The number of rotatable bonds is 2. The van der Waals surface area contributed by atoms with E-state index in [0.29, 0.717) is 17.9 Å². The number of hydrogen-bond acceptors (Lipinski definition) is 4. The van der Waals surface area contributed by atoms with Crippen molar-refractivity contribution >= 4 is 10.0 Å². The summed E-state index contributed by atoms with van der Waals surface area (Å²) in [5, 5.41) is 8.34. The van der Waals surface area contributed by atoms with Gasteiger partial charge in [-0.3, -0.25) is 0 Å². The van der Waals surface area contributed by atoms with Gasteiger partial charge in [0.05, 0.1) is 4.90 Å². The summed E-state index contributed by atoms with van der Waals surface area (Å²) in [4.78, 5) is 0.376. The minimum atomic E-state index is -3.46. The van der Waals surface area contributed by atoms with E-state index >= 15 is 0 Å². The summed E-state index contributed by atoms with van der Waals surface area (Å²) in [5.74, 6) is 1.76. The summed E-state index contributed by atoms with van der Waals surface area (Å²) in [7, 11) is -3.46. The molecule has 0 spiro atoms. The van der Waals surface area contributed by atoms with Crippen LogP contribution < -0.4 is 0 Å². The van der Waals surface area contributed by atoms with Crippen molar-refractivity contribution in [3.8, 4) is 0 Å². The van der Waals surface area contributed by atoms with Crippen LogP contribution >= 0.6 is 0 Å². The van der Waals surface area contributed by atoms with Crippen molar-refractivity contribution in [1.82, 2.24) is 19.1 Å². The Balaban J connectivity index is 1.76. The number of nitrogens with zero attached hydrogens (tertiary/aromatic N) is 4. The van der Waals surface area contributed by atoms with Crippen LogP contribution in [0.5, 0.6) is 0 Å². The predicted octanol–water partition coefficient (Wildman–Crippen LogP) is 1.36. The first-order valence-electron chi connectivity index (χ1n) is 7.54. The first kappa shape index (κ1) is 13.9. The summed E-state index contributed by atoms with van der Waals surface area (Å²) in [6.45, 7) is 2.57. The lowest BCUT2D eigenvalue weighted by atomic mass is 10.1. The van der Waals surface area contributed by atoms with Gasteiger partial charge in [0, 0.05) is 25.0 Å². The van der Waals surface area contributed by atoms with Crippen molar-refractivity contribution in [3.05, 3.63) is 42.0 Å². The van der Waals surface area contributed by atoms with Crippen molar-refractivity contribution in [1.29, 1.82) is 0 Å². The molecule has 0 unspecified atom stereocenters. The first-order valence-corrected chi connectivity index (χ1v) is 8.98. The second-order valence-electron chi connectivity index (χ2n) is 6.01. The molecule has 0 saturated carbocycles. The number of benzene rings is 1. The highest BCUT2D eigenvalue weighted by atomic mass is 32.2. The molecule has 2 aliphatic rings.